The van der Waals surface area contributed by atoms with Gasteiger partial charge in [-0.1, -0.05) is 0 Å². The molecule has 0 bridgehead atoms. The second-order valence-electron chi connectivity index (χ2n) is 3.38. The van der Waals surface area contributed by atoms with Crippen molar-refractivity contribution in [2.75, 3.05) is 18.2 Å². The van der Waals surface area contributed by atoms with E-state index in [1.807, 2.05) is 32.5 Å². The number of hydrogen-bond donors (Lipinski definition) is 1. The van der Waals surface area contributed by atoms with Crippen molar-refractivity contribution in [3.8, 4) is 0 Å². The minimum absolute atomic E-state index is 0.318. The van der Waals surface area contributed by atoms with Crippen molar-refractivity contribution in [1.29, 1.82) is 0 Å². The first-order chi connectivity index (χ1) is 5.56. The highest BCUT2D eigenvalue weighted by Crippen LogP contribution is 2.02. The molecule has 0 unspecified atom stereocenters. The Labute approximate surface area is 78.2 Å². The summed E-state index contributed by atoms with van der Waals surface area (Å²) in [5, 5.41) is 3.19. The molecule has 12 heavy (non-hydrogen) atoms. The largest absolute Gasteiger partial charge is 0.462 e. The summed E-state index contributed by atoms with van der Waals surface area (Å²) in [7, 11) is 0. The highest BCUT2D eigenvalue weighted by atomic mass is 32.2. The normalized spacial score (nSPS) is 16.2. The highest BCUT2D eigenvalue weighted by Gasteiger charge is 2.07. The van der Waals surface area contributed by atoms with Crippen molar-refractivity contribution in [3.05, 3.63) is 0 Å². The standard InChI is InChI=1S/C5H10O2.C3H7NS/c1-5(2,3)7-4-6;1-2-5-3-4-1/h4H,1-3H3;4H,1-3H2. The van der Waals surface area contributed by atoms with Crippen LogP contribution in [0.15, 0.2) is 0 Å². The van der Waals surface area contributed by atoms with Crippen LogP contribution in [0.4, 0.5) is 0 Å². The van der Waals surface area contributed by atoms with Gasteiger partial charge in [0.05, 0.1) is 0 Å². The summed E-state index contributed by atoms with van der Waals surface area (Å²) in [5.41, 5.74) is -0.318. The maximum atomic E-state index is 9.60. The average molecular weight is 191 g/mol. The zero-order valence-electron chi connectivity index (χ0n) is 7.92. The average Bonchev–Trinajstić information content (AvgIpc) is 2.38. The molecular formula is C8H17NO2S. The molecule has 1 saturated heterocycles. The van der Waals surface area contributed by atoms with Gasteiger partial charge in [0, 0.05) is 18.2 Å². The van der Waals surface area contributed by atoms with E-state index in [1.165, 1.54) is 18.2 Å². The van der Waals surface area contributed by atoms with Gasteiger partial charge in [-0.15, -0.1) is 11.8 Å². The minimum Gasteiger partial charge on any atom is -0.462 e. The molecule has 1 aliphatic rings. The van der Waals surface area contributed by atoms with Crippen LogP contribution < -0.4 is 5.32 Å². The van der Waals surface area contributed by atoms with Crippen molar-refractivity contribution in [2.45, 2.75) is 26.4 Å². The predicted molar refractivity (Wildman–Crippen MR) is 52.2 cm³/mol. The molecule has 1 N–H and O–H groups in total. The van der Waals surface area contributed by atoms with Crippen LogP contribution in [0.1, 0.15) is 20.8 Å². The summed E-state index contributed by atoms with van der Waals surface area (Å²) in [4.78, 5) is 9.60. The molecule has 0 aromatic heterocycles. The van der Waals surface area contributed by atoms with Crippen molar-refractivity contribution in [1.82, 2.24) is 5.32 Å². The number of rotatable bonds is 1. The molecule has 72 valence electrons. The Morgan fingerprint density at radius 2 is 2.17 bits per heavy atom. The van der Waals surface area contributed by atoms with Gasteiger partial charge in [0.1, 0.15) is 5.60 Å². The molecule has 0 aromatic rings. The topological polar surface area (TPSA) is 38.3 Å². The summed E-state index contributed by atoms with van der Waals surface area (Å²) in [6, 6.07) is 0. The predicted octanol–water partition coefficient (Wildman–Crippen LogP) is 1.24. The van der Waals surface area contributed by atoms with E-state index in [-0.39, 0.29) is 5.60 Å². The molecule has 0 spiro atoms. The number of carbonyl (C=O) groups is 1. The summed E-state index contributed by atoms with van der Waals surface area (Å²) in [6.45, 7) is 7.13. The fourth-order valence-corrected chi connectivity index (χ4v) is 1.23. The number of thioether (sulfide) groups is 1. The number of hydrogen-bond acceptors (Lipinski definition) is 4. The Bertz CT molecular complexity index is 111. The molecule has 0 amide bonds. The Morgan fingerprint density at radius 1 is 1.50 bits per heavy atom. The highest BCUT2D eigenvalue weighted by molar-refractivity contribution is 7.99. The summed E-state index contributed by atoms with van der Waals surface area (Å²) in [6.07, 6.45) is 0. The van der Waals surface area contributed by atoms with Crippen LogP contribution >= 0.6 is 11.8 Å². The summed E-state index contributed by atoms with van der Waals surface area (Å²) >= 11 is 1.96. The van der Waals surface area contributed by atoms with Gasteiger partial charge in [-0.25, -0.2) is 0 Å². The zero-order chi connectivity index (χ0) is 9.45. The lowest BCUT2D eigenvalue weighted by Gasteiger charge is -2.14. The van der Waals surface area contributed by atoms with Crippen LogP contribution in [-0.2, 0) is 9.53 Å². The number of ether oxygens (including phenoxy) is 1. The molecular weight excluding hydrogens is 174 g/mol. The third kappa shape index (κ3) is 9.78. The molecule has 0 atom stereocenters. The Morgan fingerprint density at radius 3 is 2.25 bits per heavy atom. The lowest BCUT2D eigenvalue weighted by molar-refractivity contribution is -0.138. The van der Waals surface area contributed by atoms with Crippen LogP contribution in [0.5, 0.6) is 0 Å². The molecule has 0 aromatic carbocycles. The molecule has 0 aliphatic carbocycles. The minimum atomic E-state index is -0.318. The van der Waals surface area contributed by atoms with Gasteiger partial charge >= 0.3 is 0 Å². The van der Waals surface area contributed by atoms with E-state index < -0.39 is 0 Å². The first-order valence-electron chi connectivity index (χ1n) is 3.96. The van der Waals surface area contributed by atoms with E-state index in [1.54, 1.807) is 0 Å². The Balaban J connectivity index is 0.000000211. The van der Waals surface area contributed by atoms with Crippen molar-refractivity contribution in [2.24, 2.45) is 0 Å². The quantitative estimate of drug-likeness (QED) is 0.633. The maximum absolute atomic E-state index is 9.60. The summed E-state index contributed by atoms with van der Waals surface area (Å²) in [5.74, 6) is 2.47. The van der Waals surface area contributed by atoms with Gasteiger partial charge < -0.3 is 10.1 Å². The Kier molecular flexibility index (Phi) is 6.20. The van der Waals surface area contributed by atoms with Crippen LogP contribution in [0.25, 0.3) is 0 Å². The summed E-state index contributed by atoms with van der Waals surface area (Å²) < 4.78 is 4.55. The lowest BCUT2D eigenvalue weighted by atomic mass is 10.2. The van der Waals surface area contributed by atoms with Crippen molar-refractivity contribution >= 4 is 18.2 Å². The molecule has 0 radical (unpaired) electrons. The first-order valence-corrected chi connectivity index (χ1v) is 5.11. The molecule has 3 nitrogen and oxygen atoms in total. The van der Waals surface area contributed by atoms with Gasteiger partial charge in [-0.05, 0) is 20.8 Å². The number of nitrogens with one attached hydrogen (secondary N) is 1. The molecule has 1 heterocycles. The molecule has 0 saturated carbocycles. The van der Waals surface area contributed by atoms with Crippen LogP contribution in [0.2, 0.25) is 0 Å². The van der Waals surface area contributed by atoms with Crippen LogP contribution in [0.3, 0.4) is 0 Å². The molecule has 1 aliphatic heterocycles. The van der Waals surface area contributed by atoms with E-state index in [2.05, 4.69) is 10.1 Å². The van der Waals surface area contributed by atoms with Gasteiger partial charge in [-0.3, -0.25) is 4.79 Å². The van der Waals surface area contributed by atoms with E-state index in [4.69, 9.17) is 0 Å². The maximum Gasteiger partial charge on any atom is 0.293 e. The SMILES string of the molecule is C1CSCN1.CC(C)(C)OC=O. The fraction of sp³-hybridized carbons (Fsp3) is 0.875. The van der Waals surface area contributed by atoms with E-state index in [0.29, 0.717) is 6.47 Å². The van der Waals surface area contributed by atoms with Crippen LogP contribution in [-0.4, -0.2) is 30.2 Å². The third-order valence-electron chi connectivity index (χ3n) is 1.03. The van der Waals surface area contributed by atoms with Crippen molar-refractivity contribution in [3.63, 3.8) is 0 Å². The second-order valence-corrected chi connectivity index (χ2v) is 4.48. The first kappa shape index (κ1) is 11.8. The Hall–Kier alpha value is -0.220. The fourth-order valence-electron chi connectivity index (χ4n) is 0.505. The van der Waals surface area contributed by atoms with Gasteiger partial charge in [0.15, 0.2) is 0 Å². The van der Waals surface area contributed by atoms with Gasteiger partial charge in [0.2, 0.25) is 0 Å². The number of carbonyl (C=O) groups excluding carboxylic acids is 1. The molecule has 1 fully saturated rings. The molecule has 1 rings (SSSR count). The third-order valence-corrected chi connectivity index (χ3v) is 1.93. The van der Waals surface area contributed by atoms with E-state index in [9.17, 15) is 4.79 Å². The monoisotopic (exact) mass is 191 g/mol. The van der Waals surface area contributed by atoms with Gasteiger partial charge in [-0.2, -0.15) is 0 Å². The second kappa shape index (κ2) is 6.31. The lowest BCUT2D eigenvalue weighted by Crippen LogP contribution is -2.17. The zero-order valence-corrected chi connectivity index (χ0v) is 8.74. The van der Waals surface area contributed by atoms with Crippen LogP contribution in [0, 0.1) is 0 Å². The molecule has 4 heteroatoms. The van der Waals surface area contributed by atoms with Crippen molar-refractivity contribution < 1.29 is 9.53 Å². The van der Waals surface area contributed by atoms with E-state index in [0.717, 1.165) is 0 Å². The van der Waals surface area contributed by atoms with Gasteiger partial charge in [0.25, 0.3) is 6.47 Å². The van der Waals surface area contributed by atoms with E-state index >= 15 is 0 Å². The smallest absolute Gasteiger partial charge is 0.293 e.